The van der Waals surface area contributed by atoms with Crippen molar-refractivity contribution in [3.63, 3.8) is 0 Å². The summed E-state index contributed by atoms with van der Waals surface area (Å²) >= 11 is 0. The van der Waals surface area contributed by atoms with Gasteiger partial charge in [-0.2, -0.15) is 0 Å². The molecule has 1 aromatic carbocycles. The van der Waals surface area contributed by atoms with Gasteiger partial charge in [0, 0.05) is 29.2 Å². The van der Waals surface area contributed by atoms with E-state index in [-0.39, 0.29) is 19.1 Å². The lowest BCUT2D eigenvalue weighted by Gasteiger charge is -2.30. The minimum atomic E-state index is -1.04. The van der Waals surface area contributed by atoms with Gasteiger partial charge in [-0.05, 0) is 24.3 Å². The van der Waals surface area contributed by atoms with Crippen LogP contribution in [0.4, 0.5) is 0 Å². The highest BCUT2D eigenvalue weighted by molar-refractivity contribution is 5.98. The van der Waals surface area contributed by atoms with Crippen molar-refractivity contribution >= 4 is 22.8 Å². The zero-order valence-electron chi connectivity index (χ0n) is 10.7. The largest absolute Gasteiger partial charge is 0.479 e. The van der Waals surface area contributed by atoms with Crippen molar-refractivity contribution in [3.05, 3.63) is 36.0 Å². The van der Waals surface area contributed by atoms with E-state index in [1.807, 2.05) is 18.3 Å². The number of aliphatic carboxylic acids is 1. The SMILES string of the molecule is O=C(O)C1CN(C(=O)c2ccc3[nH]ccc3c2)CCO1. The molecule has 0 radical (unpaired) electrons. The van der Waals surface area contributed by atoms with E-state index in [1.54, 1.807) is 12.1 Å². The third-order valence-corrected chi connectivity index (χ3v) is 3.43. The highest BCUT2D eigenvalue weighted by Gasteiger charge is 2.29. The Bertz CT molecular complexity index is 664. The number of nitrogens with one attached hydrogen (secondary N) is 1. The van der Waals surface area contributed by atoms with Gasteiger partial charge in [0.2, 0.25) is 0 Å². The summed E-state index contributed by atoms with van der Waals surface area (Å²) < 4.78 is 5.12. The summed E-state index contributed by atoms with van der Waals surface area (Å²) in [5.74, 6) is -1.20. The summed E-state index contributed by atoms with van der Waals surface area (Å²) in [7, 11) is 0. The van der Waals surface area contributed by atoms with E-state index >= 15 is 0 Å². The Balaban J connectivity index is 1.82. The summed E-state index contributed by atoms with van der Waals surface area (Å²) in [5, 5.41) is 9.91. The zero-order chi connectivity index (χ0) is 14.1. The molecule has 1 aromatic heterocycles. The maximum Gasteiger partial charge on any atom is 0.334 e. The Labute approximate surface area is 114 Å². The van der Waals surface area contributed by atoms with Gasteiger partial charge in [0.25, 0.3) is 5.91 Å². The lowest BCUT2D eigenvalue weighted by atomic mass is 10.1. The molecule has 1 aliphatic rings. The molecule has 1 saturated heterocycles. The lowest BCUT2D eigenvalue weighted by Crippen LogP contribution is -2.48. The van der Waals surface area contributed by atoms with Crippen molar-refractivity contribution in [1.29, 1.82) is 0 Å². The first-order valence-corrected chi connectivity index (χ1v) is 6.36. The van der Waals surface area contributed by atoms with Gasteiger partial charge in [-0.1, -0.05) is 0 Å². The first kappa shape index (κ1) is 12.7. The average Bonchev–Trinajstić information content (AvgIpc) is 2.94. The second kappa shape index (κ2) is 4.97. The molecule has 2 aromatic rings. The fourth-order valence-corrected chi connectivity index (χ4v) is 2.35. The number of fused-ring (bicyclic) bond motifs is 1. The Kier molecular flexibility index (Phi) is 3.15. The molecule has 0 saturated carbocycles. The molecule has 1 aliphatic heterocycles. The minimum Gasteiger partial charge on any atom is -0.479 e. The fourth-order valence-electron chi connectivity index (χ4n) is 2.35. The van der Waals surface area contributed by atoms with Crippen molar-refractivity contribution in [2.75, 3.05) is 19.7 Å². The number of aromatic amines is 1. The van der Waals surface area contributed by atoms with Gasteiger partial charge in [0.1, 0.15) is 0 Å². The van der Waals surface area contributed by atoms with Crippen LogP contribution in [0.5, 0.6) is 0 Å². The van der Waals surface area contributed by atoms with Crippen LogP contribution >= 0.6 is 0 Å². The molecule has 6 nitrogen and oxygen atoms in total. The number of H-pyrrole nitrogens is 1. The predicted octanol–water partition coefficient (Wildman–Crippen LogP) is 1.09. The molecular weight excluding hydrogens is 260 g/mol. The van der Waals surface area contributed by atoms with E-state index in [0.717, 1.165) is 10.9 Å². The maximum absolute atomic E-state index is 12.4. The molecule has 20 heavy (non-hydrogen) atoms. The third-order valence-electron chi connectivity index (χ3n) is 3.43. The second-order valence-corrected chi connectivity index (χ2v) is 4.73. The normalized spacial score (nSPS) is 19.2. The van der Waals surface area contributed by atoms with Crippen LogP contribution in [0.1, 0.15) is 10.4 Å². The smallest absolute Gasteiger partial charge is 0.334 e. The number of hydrogen-bond donors (Lipinski definition) is 2. The van der Waals surface area contributed by atoms with Gasteiger partial charge in [-0.15, -0.1) is 0 Å². The maximum atomic E-state index is 12.4. The Hall–Kier alpha value is -2.34. The van der Waals surface area contributed by atoms with Crippen LogP contribution in [0.25, 0.3) is 10.9 Å². The molecule has 1 unspecified atom stereocenters. The highest BCUT2D eigenvalue weighted by Crippen LogP contribution is 2.17. The molecular formula is C14H14N2O4. The molecule has 0 aliphatic carbocycles. The van der Waals surface area contributed by atoms with E-state index in [9.17, 15) is 9.59 Å². The van der Waals surface area contributed by atoms with Crippen LogP contribution in [0.3, 0.4) is 0 Å². The lowest BCUT2D eigenvalue weighted by molar-refractivity contribution is -0.154. The highest BCUT2D eigenvalue weighted by atomic mass is 16.5. The number of benzene rings is 1. The molecule has 2 heterocycles. The molecule has 1 atom stereocenters. The van der Waals surface area contributed by atoms with Crippen molar-refractivity contribution in [1.82, 2.24) is 9.88 Å². The summed E-state index contributed by atoms with van der Waals surface area (Å²) in [5.41, 5.74) is 1.52. The number of aromatic nitrogens is 1. The number of hydrogen-bond acceptors (Lipinski definition) is 3. The Morgan fingerprint density at radius 2 is 2.20 bits per heavy atom. The zero-order valence-corrected chi connectivity index (χ0v) is 10.7. The first-order valence-electron chi connectivity index (χ1n) is 6.36. The number of amides is 1. The number of morpholine rings is 1. The molecule has 2 N–H and O–H groups in total. The van der Waals surface area contributed by atoms with Gasteiger partial charge >= 0.3 is 5.97 Å². The Morgan fingerprint density at radius 3 is 3.00 bits per heavy atom. The van der Waals surface area contributed by atoms with Crippen LogP contribution in [0.15, 0.2) is 30.5 Å². The van der Waals surface area contributed by atoms with E-state index in [2.05, 4.69) is 4.98 Å². The quantitative estimate of drug-likeness (QED) is 0.859. The number of carboxylic acid groups (broad SMARTS) is 1. The standard InChI is InChI=1S/C14H14N2O4/c17-13(16-5-6-20-12(8-16)14(18)19)10-1-2-11-9(7-10)3-4-15-11/h1-4,7,12,15H,5-6,8H2,(H,18,19). The van der Waals surface area contributed by atoms with Gasteiger partial charge < -0.3 is 19.7 Å². The Morgan fingerprint density at radius 1 is 1.35 bits per heavy atom. The van der Waals surface area contributed by atoms with Gasteiger partial charge in [-0.25, -0.2) is 4.79 Å². The van der Waals surface area contributed by atoms with Crippen LogP contribution in [0, 0.1) is 0 Å². The van der Waals surface area contributed by atoms with E-state index in [0.29, 0.717) is 12.1 Å². The summed E-state index contributed by atoms with van der Waals surface area (Å²) in [6.45, 7) is 0.738. The van der Waals surface area contributed by atoms with E-state index in [1.165, 1.54) is 4.90 Å². The minimum absolute atomic E-state index is 0.0827. The van der Waals surface area contributed by atoms with Gasteiger partial charge in [0.15, 0.2) is 6.10 Å². The topological polar surface area (TPSA) is 82.6 Å². The molecule has 0 spiro atoms. The van der Waals surface area contributed by atoms with Crippen LogP contribution in [-0.2, 0) is 9.53 Å². The molecule has 3 rings (SSSR count). The molecule has 6 heteroatoms. The number of rotatable bonds is 2. The monoisotopic (exact) mass is 274 g/mol. The number of carbonyl (C=O) groups excluding carboxylic acids is 1. The van der Waals surface area contributed by atoms with Crippen LogP contribution < -0.4 is 0 Å². The molecule has 1 fully saturated rings. The van der Waals surface area contributed by atoms with E-state index in [4.69, 9.17) is 9.84 Å². The summed E-state index contributed by atoms with van der Waals surface area (Å²) in [6.07, 6.45) is 0.873. The molecule has 104 valence electrons. The third kappa shape index (κ3) is 2.25. The predicted molar refractivity (Wildman–Crippen MR) is 71.6 cm³/mol. The number of nitrogens with zero attached hydrogens (tertiary/aromatic N) is 1. The number of carbonyl (C=O) groups is 2. The molecule has 0 bridgehead atoms. The van der Waals surface area contributed by atoms with Crippen molar-refractivity contribution < 1.29 is 19.4 Å². The summed E-state index contributed by atoms with van der Waals surface area (Å²) in [4.78, 5) is 27.9. The average molecular weight is 274 g/mol. The summed E-state index contributed by atoms with van der Waals surface area (Å²) in [6, 6.07) is 7.29. The van der Waals surface area contributed by atoms with Crippen LogP contribution in [0.2, 0.25) is 0 Å². The van der Waals surface area contributed by atoms with Crippen molar-refractivity contribution in [2.45, 2.75) is 6.10 Å². The fraction of sp³-hybridized carbons (Fsp3) is 0.286. The van der Waals surface area contributed by atoms with Gasteiger partial charge in [0.05, 0.1) is 13.2 Å². The van der Waals surface area contributed by atoms with Crippen LogP contribution in [-0.4, -0.2) is 52.7 Å². The molecule has 1 amide bonds. The van der Waals surface area contributed by atoms with Gasteiger partial charge in [-0.3, -0.25) is 4.79 Å². The van der Waals surface area contributed by atoms with E-state index < -0.39 is 12.1 Å². The first-order chi connectivity index (χ1) is 9.65. The van der Waals surface area contributed by atoms with Crippen molar-refractivity contribution in [2.24, 2.45) is 0 Å². The number of carboxylic acids is 1. The van der Waals surface area contributed by atoms with Crippen molar-refractivity contribution in [3.8, 4) is 0 Å². The number of ether oxygens (including phenoxy) is 1. The second-order valence-electron chi connectivity index (χ2n) is 4.73.